The summed E-state index contributed by atoms with van der Waals surface area (Å²) in [6.07, 6.45) is 6.42. The van der Waals surface area contributed by atoms with Crippen LogP contribution < -0.4 is 4.90 Å². The van der Waals surface area contributed by atoms with E-state index in [0.29, 0.717) is 11.6 Å². The number of nitrogens with zero attached hydrogens (tertiary/aromatic N) is 4. The van der Waals surface area contributed by atoms with Crippen LogP contribution in [0.4, 0.5) is 5.82 Å². The number of rotatable bonds is 3. The lowest BCUT2D eigenvalue weighted by molar-refractivity contribution is -0.132. The summed E-state index contributed by atoms with van der Waals surface area (Å²) in [6, 6.07) is 3.82. The second-order valence-corrected chi connectivity index (χ2v) is 6.83. The lowest BCUT2D eigenvalue weighted by atomic mass is 10.1. The van der Waals surface area contributed by atoms with Gasteiger partial charge in [0.15, 0.2) is 0 Å². The van der Waals surface area contributed by atoms with E-state index in [9.17, 15) is 4.79 Å². The summed E-state index contributed by atoms with van der Waals surface area (Å²) in [7, 11) is 0. The van der Waals surface area contributed by atoms with Crippen LogP contribution in [0.2, 0.25) is 5.02 Å². The van der Waals surface area contributed by atoms with Crippen LogP contribution in [0.3, 0.4) is 0 Å². The third-order valence-corrected chi connectivity index (χ3v) is 4.92. The Morgan fingerprint density at radius 2 is 1.83 bits per heavy atom. The minimum Gasteiger partial charge on any atom is -0.355 e. The number of halogens is 1. The van der Waals surface area contributed by atoms with Crippen molar-refractivity contribution in [3.8, 4) is 0 Å². The molecular formula is C17H25ClN4O. The molecule has 0 aromatic carbocycles. The molecule has 0 unspecified atom stereocenters. The van der Waals surface area contributed by atoms with Crippen molar-refractivity contribution >= 4 is 23.3 Å². The summed E-state index contributed by atoms with van der Waals surface area (Å²) >= 11 is 5.90. The zero-order valence-electron chi connectivity index (χ0n) is 13.6. The number of anilines is 1. The van der Waals surface area contributed by atoms with E-state index in [1.807, 2.05) is 17.0 Å². The van der Waals surface area contributed by atoms with Gasteiger partial charge in [-0.3, -0.25) is 9.69 Å². The van der Waals surface area contributed by atoms with Crippen LogP contribution in [0.25, 0.3) is 0 Å². The molecule has 0 N–H and O–H groups in total. The molecule has 0 atom stereocenters. The molecule has 1 amide bonds. The number of carbonyl (C=O) groups excluding carboxylic acids is 1. The second kappa shape index (κ2) is 7.97. The maximum absolute atomic E-state index is 12.5. The van der Waals surface area contributed by atoms with E-state index in [2.05, 4.69) is 14.8 Å². The zero-order chi connectivity index (χ0) is 16.1. The smallest absolute Gasteiger partial charge is 0.236 e. The van der Waals surface area contributed by atoms with Gasteiger partial charge in [0.1, 0.15) is 5.82 Å². The van der Waals surface area contributed by atoms with Crippen molar-refractivity contribution < 1.29 is 4.79 Å². The molecule has 1 aromatic heterocycles. The van der Waals surface area contributed by atoms with Crippen molar-refractivity contribution in [3.05, 3.63) is 23.4 Å². The molecule has 0 spiro atoms. The average Bonchev–Trinajstić information content (AvgIpc) is 2.83. The predicted octanol–water partition coefficient (Wildman–Crippen LogP) is 2.26. The van der Waals surface area contributed by atoms with Crippen molar-refractivity contribution in [1.82, 2.24) is 14.8 Å². The Balaban J connectivity index is 1.53. The third-order valence-electron chi connectivity index (χ3n) is 4.69. The van der Waals surface area contributed by atoms with Crippen LogP contribution in [0.15, 0.2) is 18.3 Å². The van der Waals surface area contributed by atoms with E-state index >= 15 is 0 Å². The molecule has 0 bridgehead atoms. The molecule has 2 aliphatic rings. The lowest BCUT2D eigenvalue weighted by Crippen LogP contribution is -2.43. The fourth-order valence-corrected chi connectivity index (χ4v) is 3.47. The van der Waals surface area contributed by atoms with Gasteiger partial charge in [-0.15, -0.1) is 0 Å². The van der Waals surface area contributed by atoms with E-state index in [0.717, 1.165) is 51.5 Å². The van der Waals surface area contributed by atoms with Crippen molar-refractivity contribution in [2.45, 2.75) is 25.7 Å². The maximum atomic E-state index is 12.5. The number of carbonyl (C=O) groups is 1. The molecule has 0 radical (unpaired) electrons. The van der Waals surface area contributed by atoms with E-state index in [-0.39, 0.29) is 5.91 Å². The number of aromatic nitrogens is 1. The van der Waals surface area contributed by atoms with Gasteiger partial charge in [0.25, 0.3) is 0 Å². The topological polar surface area (TPSA) is 39.7 Å². The SMILES string of the molecule is O=C(CN1CCCCC1)N1CCCN(c2ccc(Cl)cn2)CC1. The molecule has 2 aliphatic heterocycles. The molecule has 5 nitrogen and oxygen atoms in total. The van der Waals surface area contributed by atoms with E-state index < -0.39 is 0 Å². The molecule has 126 valence electrons. The Morgan fingerprint density at radius 3 is 2.57 bits per heavy atom. The molecule has 0 aliphatic carbocycles. The van der Waals surface area contributed by atoms with Gasteiger partial charge in [0.05, 0.1) is 11.6 Å². The van der Waals surface area contributed by atoms with E-state index in [1.165, 1.54) is 19.3 Å². The summed E-state index contributed by atoms with van der Waals surface area (Å²) in [5.41, 5.74) is 0. The Bertz CT molecular complexity index is 516. The number of piperidine rings is 1. The standard InChI is InChI=1S/C17H25ClN4O/c18-15-5-6-16(19-13-15)21-9-4-10-22(12-11-21)17(23)14-20-7-2-1-3-8-20/h5-6,13H,1-4,7-12,14H2. The Labute approximate surface area is 143 Å². The Hall–Kier alpha value is -1.33. The van der Waals surface area contributed by atoms with Crippen LogP contribution in [-0.2, 0) is 4.79 Å². The monoisotopic (exact) mass is 336 g/mol. The van der Waals surface area contributed by atoms with Gasteiger partial charge in [-0.05, 0) is 44.5 Å². The van der Waals surface area contributed by atoms with Gasteiger partial charge in [-0.2, -0.15) is 0 Å². The lowest BCUT2D eigenvalue weighted by Gasteiger charge is -2.29. The molecular weight excluding hydrogens is 312 g/mol. The number of amides is 1. The van der Waals surface area contributed by atoms with E-state index in [1.54, 1.807) is 6.20 Å². The molecule has 2 fully saturated rings. The normalized spacial score (nSPS) is 20.4. The van der Waals surface area contributed by atoms with Gasteiger partial charge in [-0.25, -0.2) is 4.98 Å². The second-order valence-electron chi connectivity index (χ2n) is 6.39. The summed E-state index contributed by atoms with van der Waals surface area (Å²) in [5, 5.41) is 0.655. The van der Waals surface area contributed by atoms with Crippen LogP contribution in [0, 0.1) is 0 Å². The quantitative estimate of drug-likeness (QED) is 0.849. The van der Waals surface area contributed by atoms with Gasteiger partial charge in [0, 0.05) is 32.4 Å². The minimum absolute atomic E-state index is 0.276. The summed E-state index contributed by atoms with van der Waals surface area (Å²) < 4.78 is 0. The highest BCUT2D eigenvalue weighted by Crippen LogP contribution is 2.16. The van der Waals surface area contributed by atoms with Crippen molar-refractivity contribution in [2.75, 3.05) is 50.7 Å². The first-order chi connectivity index (χ1) is 11.2. The maximum Gasteiger partial charge on any atom is 0.236 e. The first-order valence-corrected chi connectivity index (χ1v) is 8.97. The summed E-state index contributed by atoms with van der Waals surface area (Å²) in [5.74, 6) is 1.22. The Kier molecular flexibility index (Phi) is 5.73. The van der Waals surface area contributed by atoms with Crippen LogP contribution >= 0.6 is 11.6 Å². The zero-order valence-corrected chi connectivity index (χ0v) is 14.3. The molecule has 2 saturated heterocycles. The van der Waals surface area contributed by atoms with Gasteiger partial charge in [-0.1, -0.05) is 18.0 Å². The Morgan fingerprint density at radius 1 is 1.00 bits per heavy atom. The number of hydrogen-bond donors (Lipinski definition) is 0. The molecule has 3 rings (SSSR count). The number of pyridine rings is 1. The van der Waals surface area contributed by atoms with E-state index in [4.69, 9.17) is 11.6 Å². The highest BCUT2D eigenvalue weighted by Gasteiger charge is 2.22. The molecule has 23 heavy (non-hydrogen) atoms. The highest BCUT2D eigenvalue weighted by atomic mass is 35.5. The first kappa shape index (κ1) is 16.5. The third kappa shape index (κ3) is 4.58. The van der Waals surface area contributed by atoms with Gasteiger partial charge < -0.3 is 9.80 Å². The van der Waals surface area contributed by atoms with Gasteiger partial charge in [0.2, 0.25) is 5.91 Å². The molecule has 0 saturated carbocycles. The minimum atomic E-state index is 0.276. The summed E-state index contributed by atoms with van der Waals surface area (Å²) in [4.78, 5) is 23.5. The average molecular weight is 337 g/mol. The van der Waals surface area contributed by atoms with Crippen LogP contribution in [-0.4, -0.2) is 66.5 Å². The summed E-state index contributed by atoms with van der Waals surface area (Å²) in [6.45, 7) is 6.11. The predicted molar refractivity (Wildman–Crippen MR) is 92.9 cm³/mol. The van der Waals surface area contributed by atoms with Gasteiger partial charge >= 0.3 is 0 Å². The first-order valence-electron chi connectivity index (χ1n) is 8.59. The largest absolute Gasteiger partial charge is 0.355 e. The van der Waals surface area contributed by atoms with Crippen molar-refractivity contribution in [2.24, 2.45) is 0 Å². The highest BCUT2D eigenvalue weighted by molar-refractivity contribution is 6.30. The molecule has 6 heteroatoms. The number of hydrogen-bond acceptors (Lipinski definition) is 4. The van der Waals surface area contributed by atoms with Crippen molar-refractivity contribution in [3.63, 3.8) is 0 Å². The van der Waals surface area contributed by atoms with Crippen molar-refractivity contribution in [1.29, 1.82) is 0 Å². The van der Waals surface area contributed by atoms with Crippen LogP contribution in [0.5, 0.6) is 0 Å². The van der Waals surface area contributed by atoms with Crippen LogP contribution in [0.1, 0.15) is 25.7 Å². The molecule has 3 heterocycles. The number of likely N-dealkylation sites (tertiary alicyclic amines) is 1. The fourth-order valence-electron chi connectivity index (χ4n) is 3.36. The molecule has 1 aromatic rings. The fraction of sp³-hybridized carbons (Fsp3) is 0.647.